The molecule has 0 atom stereocenters. The number of hydrogen-bond donors (Lipinski definition) is 1. The summed E-state index contributed by atoms with van der Waals surface area (Å²) in [5.74, 6) is 0.932. The van der Waals surface area contributed by atoms with Gasteiger partial charge in [-0.25, -0.2) is 4.98 Å². The Labute approximate surface area is 175 Å². The Balaban J connectivity index is 1.47. The molecule has 1 amide bonds. The topological polar surface area (TPSA) is 78.3 Å². The van der Waals surface area contributed by atoms with Crippen molar-refractivity contribution in [2.75, 3.05) is 5.32 Å². The number of benzene rings is 1. The Hall–Kier alpha value is -3.09. The fraction of sp³-hybridized carbons (Fsp3) is 0.435. The summed E-state index contributed by atoms with van der Waals surface area (Å²) < 4.78 is 13.9. The Bertz CT molecular complexity index is 1160. The number of pyridine rings is 1. The summed E-state index contributed by atoms with van der Waals surface area (Å²) in [5, 5.41) is 8.27. The van der Waals surface area contributed by atoms with Crippen molar-refractivity contribution < 1.29 is 14.3 Å². The minimum Gasteiger partial charge on any atom is -0.448 e. The second-order valence-corrected chi connectivity index (χ2v) is 8.59. The molecule has 2 aromatic heterocycles. The molecule has 7 nitrogen and oxygen atoms in total. The number of aryl methyl sites for hydroxylation is 2. The van der Waals surface area contributed by atoms with Crippen molar-refractivity contribution in [3.63, 3.8) is 0 Å². The maximum atomic E-state index is 13.3. The Morgan fingerprint density at radius 3 is 2.63 bits per heavy atom. The van der Waals surface area contributed by atoms with E-state index in [0.717, 1.165) is 53.9 Å². The second kappa shape index (κ2) is 6.72. The Morgan fingerprint density at radius 1 is 1.17 bits per heavy atom. The zero-order chi connectivity index (χ0) is 21.0. The number of nitrogens with zero attached hydrogens (tertiary/aromatic N) is 3. The van der Waals surface area contributed by atoms with Gasteiger partial charge in [0.25, 0.3) is 11.7 Å². The first kappa shape index (κ1) is 18.9. The largest absolute Gasteiger partial charge is 0.448 e. The minimum absolute atomic E-state index is 0.185. The van der Waals surface area contributed by atoms with E-state index >= 15 is 0 Å². The summed E-state index contributed by atoms with van der Waals surface area (Å²) in [4.78, 5) is 18.0. The summed E-state index contributed by atoms with van der Waals surface area (Å²) in [6, 6.07) is 7.44. The molecule has 0 bridgehead atoms. The predicted octanol–water partition coefficient (Wildman–Crippen LogP) is 4.69. The lowest BCUT2D eigenvalue weighted by atomic mass is 10.0. The molecule has 1 N–H and O–H groups in total. The molecule has 3 aromatic rings. The van der Waals surface area contributed by atoms with E-state index in [9.17, 15) is 4.79 Å². The molecule has 1 aliphatic heterocycles. The molecule has 3 heterocycles. The van der Waals surface area contributed by atoms with Crippen LogP contribution in [0.3, 0.4) is 0 Å². The fourth-order valence-corrected chi connectivity index (χ4v) is 4.43. The van der Waals surface area contributed by atoms with Gasteiger partial charge in [-0.1, -0.05) is 13.8 Å². The van der Waals surface area contributed by atoms with Crippen LogP contribution < -0.4 is 14.8 Å². The monoisotopic (exact) mass is 406 g/mol. The molecule has 156 valence electrons. The van der Waals surface area contributed by atoms with Crippen molar-refractivity contribution in [2.24, 2.45) is 7.05 Å². The molecule has 2 aliphatic rings. The molecule has 0 unspecified atom stereocenters. The molecule has 0 saturated heterocycles. The van der Waals surface area contributed by atoms with Crippen molar-refractivity contribution in [1.29, 1.82) is 0 Å². The van der Waals surface area contributed by atoms with Gasteiger partial charge in [0.05, 0.1) is 16.6 Å². The third-order valence-electron chi connectivity index (χ3n) is 5.98. The zero-order valence-electron chi connectivity index (χ0n) is 17.8. The van der Waals surface area contributed by atoms with Gasteiger partial charge >= 0.3 is 0 Å². The minimum atomic E-state index is -0.513. The first-order valence-electron chi connectivity index (χ1n) is 10.5. The van der Waals surface area contributed by atoms with Gasteiger partial charge in [-0.3, -0.25) is 9.48 Å². The van der Waals surface area contributed by atoms with Crippen LogP contribution in [0, 0.1) is 6.92 Å². The molecule has 5 rings (SSSR count). The van der Waals surface area contributed by atoms with Gasteiger partial charge in [-0.2, -0.15) is 5.10 Å². The molecular formula is C23H26N4O3. The van der Waals surface area contributed by atoms with Crippen molar-refractivity contribution >= 4 is 22.6 Å². The van der Waals surface area contributed by atoms with Crippen LogP contribution in [0.2, 0.25) is 0 Å². The normalized spacial score (nSPS) is 16.7. The average molecular weight is 406 g/mol. The number of rotatable bonds is 3. The predicted molar refractivity (Wildman–Crippen MR) is 114 cm³/mol. The number of aromatic nitrogens is 3. The highest BCUT2D eigenvalue weighted by atomic mass is 16.7. The number of anilines is 1. The summed E-state index contributed by atoms with van der Waals surface area (Å²) in [6.07, 6.45) is 4.02. The number of carbonyl (C=O) groups is 1. The van der Waals surface area contributed by atoms with Crippen LogP contribution in [0.15, 0.2) is 24.3 Å². The summed E-state index contributed by atoms with van der Waals surface area (Å²) in [6.45, 7) is 6.03. The van der Waals surface area contributed by atoms with E-state index in [-0.39, 0.29) is 11.8 Å². The second-order valence-electron chi connectivity index (χ2n) is 8.59. The number of carbonyl (C=O) groups excluding carboxylic acids is 1. The molecule has 0 radical (unpaired) electrons. The molecule has 1 saturated carbocycles. The van der Waals surface area contributed by atoms with E-state index in [1.54, 1.807) is 4.68 Å². The third-order valence-corrected chi connectivity index (χ3v) is 5.98. The van der Waals surface area contributed by atoms with Gasteiger partial charge in [0.15, 0.2) is 17.1 Å². The Kier molecular flexibility index (Phi) is 4.24. The lowest BCUT2D eigenvalue weighted by molar-refractivity contribution is -0.0716. The van der Waals surface area contributed by atoms with E-state index in [1.807, 2.05) is 38.2 Å². The number of fused-ring (bicyclic) bond motifs is 2. The van der Waals surface area contributed by atoms with E-state index in [2.05, 4.69) is 24.3 Å². The van der Waals surface area contributed by atoms with Crippen LogP contribution in [0.25, 0.3) is 11.0 Å². The number of ether oxygens (including phenoxy) is 2. The van der Waals surface area contributed by atoms with Gasteiger partial charge in [0.2, 0.25) is 0 Å². The van der Waals surface area contributed by atoms with Crippen LogP contribution in [-0.4, -0.2) is 26.5 Å². The molecule has 1 fully saturated rings. The van der Waals surface area contributed by atoms with Crippen molar-refractivity contribution in [3.05, 3.63) is 41.2 Å². The van der Waals surface area contributed by atoms with Gasteiger partial charge in [-0.05, 0) is 43.9 Å². The summed E-state index contributed by atoms with van der Waals surface area (Å²) in [5.41, 5.74) is 3.63. The molecule has 1 aliphatic carbocycles. The van der Waals surface area contributed by atoms with Gasteiger partial charge in [-0.15, -0.1) is 0 Å². The van der Waals surface area contributed by atoms with Crippen molar-refractivity contribution in [2.45, 2.75) is 58.2 Å². The first-order chi connectivity index (χ1) is 14.3. The molecule has 7 heteroatoms. The number of hydrogen-bond acceptors (Lipinski definition) is 5. The Morgan fingerprint density at radius 2 is 1.90 bits per heavy atom. The van der Waals surface area contributed by atoms with Crippen LogP contribution in [0.5, 0.6) is 11.5 Å². The highest BCUT2D eigenvalue weighted by Crippen LogP contribution is 2.47. The molecule has 1 aromatic carbocycles. The lowest BCUT2D eigenvalue weighted by Crippen LogP contribution is -2.34. The molecule has 30 heavy (non-hydrogen) atoms. The molecule has 1 spiro atoms. The van der Waals surface area contributed by atoms with Crippen LogP contribution >= 0.6 is 0 Å². The van der Waals surface area contributed by atoms with Gasteiger partial charge in [0.1, 0.15) is 0 Å². The average Bonchev–Trinajstić information content (AvgIpc) is 3.39. The zero-order valence-corrected chi connectivity index (χ0v) is 17.8. The van der Waals surface area contributed by atoms with Crippen LogP contribution in [0.1, 0.15) is 67.2 Å². The van der Waals surface area contributed by atoms with E-state index in [1.165, 1.54) is 0 Å². The maximum Gasteiger partial charge on any atom is 0.256 e. The smallest absolute Gasteiger partial charge is 0.256 e. The fourth-order valence-electron chi connectivity index (χ4n) is 4.43. The third kappa shape index (κ3) is 3.00. The quantitative estimate of drug-likeness (QED) is 0.682. The standard InChI is InChI=1S/C23H26N4O3/c1-13(2)17-12-16(20-14(3)26-27(4)21(20)25-17)22(28)24-15-7-8-18-19(11-15)30-23(29-18)9-5-6-10-23/h7-8,11-13H,5-6,9-10H2,1-4H3,(H,24,28). The summed E-state index contributed by atoms with van der Waals surface area (Å²) in [7, 11) is 1.85. The van der Waals surface area contributed by atoms with E-state index in [0.29, 0.717) is 17.0 Å². The van der Waals surface area contributed by atoms with E-state index < -0.39 is 5.79 Å². The highest BCUT2D eigenvalue weighted by Gasteiger charge is 2.44. The van der Waals surface area contributed by atoms with E-state index in [4.69, 9.17) is 14.5 Å². The number of amides is 1. The van der Waals surface area contributed by atoms with Gasteiger partial charge < -0.3 is 14.8 Å². The SMILES string of the molecule is Cc1nn(C)c2nc(C(C)C)cc(C(=O)Nc3ccc4c(c3)OC3(CCCC3)O4)c12. The van der Waals surface area contributed by atoms with Crippen LogP contribution in [0.4, 0.5) is 5.69 Å². The lowest BCUT2D eigenvalue weighted by Gasteiger charge is -2.21. The molecular weight excluding hydrogens is 380 g/mol. The number of nitrogens with one attached hydrogen (secondary N) is 1. The van der Waals surface area contributed by atoms with Gasteiger partial charge in [0, 0.05) is 37.3 Å². The van der Waals surface area contributed by atoms with Crippen molar-refractivity contribution in [3.8, 4) is 11.5 Å². The van der Waals surface area contributed by atoms with Crippen molar-refractivity contribution in [1.82, 2.24) is 14.8 Å². The van der Waals surface area contributed by atoms with Crippen LogP contribution in [-0.2, 0) is 7.05 Å². The summed E-state index contributed by atoms with van der Waals surface area (Å²) >= 11 is 0. The highest BCUT2D eigenvalue weighted by molar-refractivity contribution is 6.12. The maximum absolute atomic E-state index is 13.3. The first-order valence-corrected chi connectivity index (χ1v) is 10.5.